The summed E-state index contributed by atoms with van der Waals surface area (Å²) < 4.78 is 5.51. The standard InChI is InChI=1S/C10H7Cl3N2OS/c11-6-1-8(13)9(2-7(6)12)16-4-5-3-15-10(14)17-5/h1-3H,4H2,(H2,14,15). The van der Waals surface area contributed by atoms with E-state index in [-0.39, 0.29) is 0 Å². The first-order chi connectivity index (χ1) is 8.06. The summed E-state index contributed by atoms with van der Waals surface area (Å²) in [5.41, 5.74) is 5.51. The maximum absolute atomic E-state index is 5.97. The van der Waals surface area contributed by atoms with Gasteiger partial charge in [-0.2, -0.15) is 0 Å². The number of halogens is 3. The first-order valence-corrected chi connectivity index (χ1v) is 6.49. The van der Waals surface area contributed by atoms with Gasteiger partial charge >= 0.3 is 0 Å². The zero-order valence-electron chi connectivity index (χ0n) is 8.41. The molecule has 7 heteroatoms. The average Bonchev–Trinajstić information content (AvgIpc) is 2.68. The van der Waals surface area contributed by atoms with Crippen molar-refractivity contribution in [1.29, 1.82) is 0 Å². The number of nitrogen functional groups attached to an aromatic ring is 1. The van der Waals surface area contributed by atoms with E-state index in [2.05, 4.69) is 4.98 Å². The summed E-state index contributed by atoms with van der Waals surface area (Å²) in [4.78, 5) is 4.83. The van der Waals surface area contributed by atoms with E-state index < -0.39 is 0 Å². The number of anilines is 1. The van der Waals surface area contributed by atoms with Crippen molar-refractivity contribution in [2.45, 2.75) is 6.61 Å². The molecule has 0 bridgehead atoms. The number of nitrogens with zero attached hydrogens (tertiary/aromatic N) is 1. The fourth-order valence-corrected chi connectivity index (χ4v) is 2.34. The van der Waals surface area contributed by atoms with Crippen molar-refractivity contribution >= 4 is 51.3 Å². The van der Waals surface area contributed by atoms with Crippen molar-refractivity contribution in [3.05, 3.63) is 38.3 Å². The summed E-state index contributed by atoms with van der Waals surface area (Å²) in [7, 11) is 0. The van der Waals surface area contributed by atoms with E-state index in [1.165, 1.54) is 11.3 Å². The minimum Gasteiger partial charge on any atom is -0.486 e. The topological polar surface area (TPSA) is 48.1 Å². The Labute approximate surface area is 117 Å². The lowest BCUT2D eigenvalue weighted by Crippen LogP contribution is -1.93. The monoisotopic (exact) mass is 308 g/mol. The van der Waals surface area contributed by atoms with Crippen LogP contribution >= 0.6 is 46.1 Å². The van der Waals surface area contributed by atoms with E-state index in [0.29, 0.717) is 32.6 Å². The van der Waals surface area contributed by atoms with E-state index in [0.717, 1.165) is 4.88 Å². The van der Waals surface area contributed by atoms with Crippen LogP contribution in [0.25, 0.3) is 0 Å². The van der Waals surface area contributed by atoms with Gasteiger partial charge in [0.25, 0.3) is 0 Å². The van der Waals surface area contributed by atoms with Crippen molar-refractivity contribution in [3.8, 4) is 5.75 Å². The smallest absolute Gasteiger partial charge is 0.180 e. The highest BCUT2D eigenvalue weighted by molar-refractivity contribution is 7.15. The Balaban J connectivity index is 2.11. The highest BCUT2D eigenvalue weighted by Crippen LogP contribution is 2.34. The van der Waals surface area contributed by atoms with Crippen molar-refractivity contribution in [2.75, 3.05) is 5.73 Å². The van der Waals surface area contributed by atoms with Gasteiger partial charge in [-0.25, -0.2) is 4.98 Å². The van der Waals surface area contributed by atoms with Crippen molar-refractivity contribution in [3.63, 3.8) is 0 Å². The molecule has 1 aromatic heterocycles. The number of aromatic nitrogens is 1. The van der Waals surface area contributed by atoms with Crippen molar-refractivity contribution < 1.29 is 4.74 Å². The third-order valence-electron chi connectivity index (χ3n) is 1.92. The SMILES string of the molecule is Nc1ncc(COc2cc(Cl)c(Cl)cc2Cl)s1. The molecule has 1 aromatic carbocycles. The highest BCUT2D eigenvalue weighted by atomic mass is 35.5. The molecule has 1 heterocycles. The third-order valence-corrected chi connectivity index (χ3v) is 3.73. The Morgan fingerprint density at radius 1 is 1.18 bits per heavy atom. The summed E-state index contributed by atoms with van der Waals surface area (Å²) in [6.45, 7) is 0.340. The van der Waals surface area contributed by atoms with Gasteiger partial charge in [-0.3, -0.25) is 0 Å². The number of hydrogen-bond acceptors (Lipinski definition) is 4. The van der Waals surface area contributed by atoms with Crippen LogP contribution in [0.3, 0.4) is 0 Å². The van der Waals surface area contributed by atoms with E-state index in [1.807, 2.05) is 0 Å². The quantitative estimate of drug-likeness (QED) is 0.862. The average molecular weight is 310 g/mol. The molecule has 2 N–H and O–H groups in total. The second kappa shape index (κ2) is 5.31. The lowest BCUT2D eigenvalue weighted by Gasteiger charge is -2.07. The lowest BCUT2D eigenvalue weighted by atomic mass is 10.3. The molecule has 2 aromatic rings. The summed E-state index contributed by atoms with van der Waals surface area (Å²) in [6.07, 6.45) is 1.66. The Morgan fingerprint density at radius 3 is 2.53 bits per heavy atom. The minimum atomic E-state index is 0.340. The Bertz CT molecular complexity index is 544. The largest absolute Gasteiger partial charge is 0.486 e. The summed E-state index contributed by atoms with van der Waals surface area (Å²) >= 11 is 19.0. The fraction of sp³-hybridized carbons (Fsp3) is 0.100. The number of benzene rings is 1. The molecule has 0 radical (unpaired) electrons. The first-order valence-electron chi connectivity index (χ1n) is 4.54. The van der Waals surface area contributed by atoms with Gasteiger partial charge in [0, 0.05) is 12.3 Å². The molecule has 17 heavy (non-hydrogen) atoms. The van der Waals surface area contributed by atoms with Gasteiger partial charge < -0.3 is 10.5 Å². The Kier molecular flexibility index (Phi) is 3.99. The van der Waals surface area contributed by atoms with Gasteiger partial charge in [0.2, 0.25) is 0 Å². The maximum atomic E-state index is 5.97. The van der Waals surface area contributed by atoms with Crippen LogP contribution in [0.15, 0.2) is 18.3 Å². The lowest BCUT2D eigenvalue weighted by molar-refractivity contribution is 0.310. The molecule has 3 nitrogen and oxygen atoms in total. The van der Waals surface area contributed by atoms with Gasteiger partial charge in [-0.05, 0) is 6.07 Å². The molecule has 0 aliphatic heterocycles. The molecule has 0 saturated carbocycles. The first kappa shape index (κ1) is 12.8. The Hall–Kier alpha value is -0.680. The van der Waals surface area contributed by atoms with E-state index in [1.54, 1.807) is 18.3 Å². The zero-order chi connectivity index (χ0) is 12.4. The van der Waals surface area contributed by atoms with Crippen LogP contribution in [-0.2, 0) is 6.61 Å². The number of hydrogen-bond donors (Lipinski definition) is 1. The van der Waals surface area contributed by atoms with Crippen LogP contribution in [0.4, 0.5) is 5.13 Å². The predicted octanol–water partition coefficient (Wildman–Crippen LogP) is 4.26. The fourth-order valence-electron chi connectivity index (χ4n) is 1.15. The minimum absolute atomic E-state index is 0.340. The normalized spacial score (nSPS) is 10.5. The number of thiazole rings is 1. The molecule has 0 aliphatic carbocycles. The van der Waals surface area contributed by atoms with E-state index >= 15 is 0 Å². The highest BCUT2D eigenvalue weighted by Gasteiger charge is 2.08. The Morgan fingerprint density at radius 2 is 1.88 bits per heavy atom. The molecule has 90 valence electrons. The second-order valence-electron chi connectivity index (χ2n) is 3.15. The van der Waals surface area contributed by atoms with E-state index in [4.69, 9.17) is 45.3 Å². The summed E-state index contributed by atoms with van der Waals surface area (Å²) in [5, 5.41) is 1.71. The number of rotatable bonds is 3. The molecule has 0 unspecified atom stereocenters. The summed E-state index contributed by atoms with van der Waals surface area (Å²) in [5.74, 6) is 0.480. The molecule has 0 amide bonds. The third kappa shape index (κ3) is 3.16. The van der Waals surface area contributed by atoms with Crippen molar-refractivity contribution in [2.24, 2.45) is 0 Å². The molecule has 2 rings (SSSR count). The van der Waals surface area contributed by atoms with Crippen LogP contribution in [0.5, 0.6) is 5.75 Å². The van der Waals surface area contributed by atoms with Crippen molar-refractivity contribution in [1.82, 2.24) is 4.98 Å². The van der Waals surface area contributed by atoms with Crippen LogP contribution in [0.1, 0.15) is 4.88 Å². The van der Waals surface area contributed by atoms with Gasteiger partial charge in [0.05, 0.1) is 19.9 Å². The molecular weight excluding hydrogens is 303 g/mol. The van der Waals surface area contributed by atoms with Gasteiger partial charge in [0.1, 0.15) is 12.4 Å². The molecule has 0 spiro atoms. The molecular formula is C10H7Cl3N2OS. The van der Waals surface area contributed by atoms with Crippen LogP contribution < -0.4 is 10.5 Å². The zero-order valence-corrected chi connectivity index (χ0v) is 11.5. The molecule has 0 saturated heterocycles. The molecule has 0 aliphatic rings. The molecule has 0 fully saturated rings. The van der Waals surface area contributed by atoms with Crippen LogP contribution in [0, 0.1) is 0 Å². The molecule has 0 atom stereocenters. The van der Waals surface area contributed by atoms with E-state index in [9.17, 15) is 0 Å². The van der Waals surface area contributed by atoms with Crippen LogP contribution in [-0.4, -0.2) is 4.98 Å². The number of nitrogens with two attached hydrogens (primary N) is 1. The second-order valence-corrected chi connectivity index (χ2v) is 5.52. The summed E-state index contributed by atoms with van der Waals surface area (Å²) in [6, 6.07) is 3.12. The number of ether oxygens (including phenoxy) is 1. The maximum Gasteiger partial charge on any atom is 0.180 e. The van der Waals surface area contributed by atoms with Gasteiger partial charge in [-0.15, -0.1) is 0 Å². The van der Waals surface area contributed by atoms with Gasteiger partial charge in [-0.1, -0.05) is 46.1 Å². The van der Waals surface area contributed by atoms with Crippen LogP contribution in [0.2, 0.25) is 15.1 Å². The van der Waals surface area contributed by atoms with Gasteiger partial charge in [0.15, 0.2) is 5.13 Å². The predicted molar refractivity (Wildman–Crippen MR) is 72.3 cm³/mol.